The van der Waals surface area contributed by atoms with Gasteiger partial charge in [0.15, 0.2) is 0 Å². The fraction of sp³-hybridized carbons (Fsp3) is 0.476. The number of benzene rings is 2. The summed E-state index contributed by atoms with van der Waals surface area (Å²) in [5, 5.41) is 12.6. The number of piperidine rings is 1. The zero-order valence-electron chi connectivity index (χ0n) is 15.2. The molecule has 1 fully saturated rings. The summed E-state index contributed by atoms with van der Waals surface area (Å²) >= 11 is 0. The van der Waals surface area contributed by atoms with Gasteiger partial charge in [-0.1, -0.05) is 30.3 Å². The normalized spacial score (nSPS) is 18.4. The number of carbonyl (C=O) groups excluding carboxylic acids is 1. The molecule has 3 rings (SSSR count). The van der Waals surface area contributed by atoms with Gasteiger partial charge in [-0.05, 0) is 50.1 Å². The number of hydrogen-bond donors (Lipinski definition) is 1. The van der Waals surface area contributed by atoms with Crippen molar-refractivity contribution in [1.82, 2.24) is 9.80 Å². The molecule has 25 heavy (non-hydrogen) atoms. The summed E-state index contributed by atoms with van der Waals surface area (Å²) in [6, 6.07) is 11.9. The third kappa shape index (κ3) is 3.79. The molecule has 1 N–H and O–H groups in total. The van der Waals surface area contributed by atoms with Crippen LogP contribution in [0, 0.1) is 5.92 Å². The third-order valence-electron chi connectivity index (χ3n) is 5.33. The number of fused-ring (bicyclic) bond motifs is 1. The molecule has 1 aliphatic rings. The van der Waals surface area contributed by atoms with Crippen molar-refractivity contribution < 1.29 is 9.90 Å². The molecule has 0 bridgehead atoms. The van der Waals surface area contributed by atoms with Crippen molar-refractivity contribution >= 4 is 16.7 Å². The number of amides is 1. The largest absolute Gasteiger partial charge is 0.508 e. The monoisotopic (exact) mass is 340 g/mol. The van der Waals surface area contributed by atoms with E-state index in [-0.39, 0.29) is 11.8 Å². The second-order valence-corrected chi connectivity index (χ2v) is 6.87. The molecule has 0 unspecified atom stereocenters. The van der Waals surface area contributed by atoms with E-state index in [1.807, 2.05) is 36.9 Å². The minimum absolute atomic E-state index is 0.0748. The lowest BCUT2D eigenvalue weighted by Gasteiger charge is -2.34. The van der Waals surface area contributed by atoms with Gasteiger partial charge in [-0.3, -0.25) is 9.69 Å². The lowest BCUT2D eigenvalue weighted by molar-refractivity contribution is -0.137. The molecule has 0 radical (unpaired) electrons. The second-order valence-electron chi connectivity index (χ2n) is 6.87. The Bertz CT molecular complexity index is 740. The number of phenolic OH excluding ortho intramolecular Hbond substituents is 1. The van der Waals surface area contributed by atoms with Gasteiger partial charge in [0.05, 0.1) is 5.92 Å². The molecule has 1 aliphatic heterocycles. The first-order valence-electron chi connectivity index (χ1n) is 9.34. The van der Waals surface area contributed by atoms with E-state index in [1.54, 1.807) is 6.07 Å². The van der Waals surface area contributed by atoms with Crippen molar-refractivity contribution in [2.45, 2.75) is 33.2 Å². The Morgan fingerprint density at radius 1 is 1.20 bits per heavy atom. The van der Waals surface area contributed by atoms with Gasteiger partial charge in [-0.15, -0.1) is 0 Å². The molecular weight excluding hydrogens is 312 g/mol. The van der Waals surface area contributed by atoms with Crippen LogP contribution < -0.4 is 0 Å². The van der Waals surface area contributed by atoms with Gasteiger partial charge in [0, 0.05) is 31.7 Å². The van der Waals surface area contributed by atoms with Crippen LogP contribution in [0.5, 0.6) is 5.75 Å². The predicted octanol–water partition coefficient (Wildman–Crippen LogP) is 3.63. The molecule has 134 valence electrons. The van der Waals surface area contributed by atoms with Gasteiger partial charge in [-0.25, -0.2) is 0 Å². The van der Waals surface area contributed by atoms with Crippen molar-refractivity contribution in [3.8, 4) is 5.75 Å². The fourth-order valence-electron chi connectivity index (χ4n) is 3.91. The highest BCUT2D eigenvalue weighted by Crippen LogP contribution is 2.30. The van der Waals surface area contributed by atoms with E-state index in [0.29, 0.717) is 12.3 Å². The topological polar surface area (TPSA) is 43.8 Å². The van der Waals surface area contributed by atoms with Crippen molar-refractivity contribution in [3.05, 3.63) is 42.0 Å². The van der Waals surface area contributed by atoms with Gasteiger partial charge in [0.1, 0.15) is 5.75 Å². The van der Waals surface area contributed by atoms with E-state index in [0.717, 1.165) is 55.4 Å². The van der Waals surface area contributed by atoms with Crippen LogP contribution in [0.25, 0.3) is 10.8 Å². The smallest absolute Gasteiger partial charge is 0.226 e. The molecule has 0 spiro atoms. The standard InChI is InChI=1S/C21H28N2O2/c1-3-23(4-2)21(25)17-9-7-13-22(14-17)15-19-18-10-6-5-8-16(18)11-12-20(19)24/h5-6,8,10-12,17,24H,3-4,7,9,13-15H2,1-2H3/t17-/m0/s1. The molecule has 2 aromatic rings. The van der Waals surface area contributed by atoms with Crippen molar-refractivity contribution in [3.63, 3.8) is 0 Å². The van der Waals surface area contributed by atoms with Crippen LogP contribution in [0.15, 0.2) is 36.4 Å². The highest BCUT2D eigenvalue weighted by atomic mass is 16.3. The Morgan fingerprint density at radius 3 is 2.72 bits per heavy atom. The molecule has 1 heterocycles. The van der Waals surface area contributed by atoms with Crippen LogP contribution in [0.2, 0.25) is 0 Å². The maximum atomic E-state index is 12.7. The number of likely N-dealkylation sites (tertiary alicyclic amines) is 1. The van der Waals surface area contributed by atoms with E-state index in [9.17, 15) is 9.90 Å². The Labute approximate surface area is 150 Å². The SMILES string of the molecule is CCN(CC)C(=O)[C@H]1CCCN(Cc2c(O)ccc3ccccc23)C1. The first-order chi connectivity index (χ1) is 12.1. The van der Waals surface area contributed by atoms with E-state index in [2.05, 4.69) is 17.0 Å². The maximum Gasteiger partial charge on any atom is 0.226 e. The summed E-state index contributed by atoms with van der Waals surface area (Å²) in [7, 11) is 0. The number of nitrogens with zero attached hydrogens (tertiary/aromatic N) is 2. The van der Waals surface area contributed by atoms with Gasteiger partial charge in [0.25, 0.3) is 0 Å². The van der Waals surface area contributed by atoms with Gasteiger partial charge < -0.3 is 10.0 Å². The van der Waals surface area contributed by atoms with E-state index >= 15 is 0 Å². The first-order valence-corrected chi connectivity index (χ1v) is 9.34. The lowest BCUT2D eigenvalue weighted by atomic mass is 9.95. The van der Waals surface area contributed by atoms with E-state index in [4.69, 9.17) is 0 Å². The van der Waals surface area contributed by atoms with Crippen LogP contribution in [-0.2, 0) is 11.3 Å². The number of phenols is 1. The van der Waals surface area contributed by atoms with Gasteiger partial charge in [-0.2, -0.15) is 0 Å². The molecule has 4 heteroatoms. The van der Waals surface area contributed by atoms with Crippen molar-refractivity contribution in [2.24, 2.45) is 5.92 Å². The minimum Gasteiger partial charge on any atom is -0.508 e. The zero-order valence-corrected chi connectivity index (χ0v) is 15.2. The third-order valence-corrected chi connectivity index (χ3v) is 5.33. The quantitative estimate of drug-likeness (QED) is 0.904. The molecule has 0 aliphatic carbocycles. The molecule has 1 atom stereocenters. The number of hydrogen-bond acceptors (Lipinski definition) is 3. The number of aromatic hydroxyl groups is 1. The molecule has 0 saturated carbocycles. The summed E-state index contributed by atoms with van der Waals surface area (Å²) in [6.45, 7) is 8.07. The fourth-order valence-corrected chi connectivity index (χ4v) is 3.91. The molecule has 4 nitrogen and oxygen atoms in total. The predicted molar refractivity (Wildman–Crippen MR) is 102 cm³/mol. The molecule has 1 saturated heterocycles. The van der Waals surface area contributed by atoms with Crippen molar-refractivity contribution in [1.29, 1.82) is 0 Å². The average molecular weight is 340 g/mol. The highest BCUT2D eigenvalue weighted by molar-refractivity contribution is 5.87. The zero-order chi connectivity index (χ0) is 17.8. The summed E-state index contributed by atoms with van der Waals surface area (Å²) in [4.78, 5) is 16.9. The van der Waals surface area contributed by atoms with Crippen LogP contribution >= 0.6 is 0 Å². The highest BCUT2D eigenvalue weighted by Gasteiger charge is 2.28. The second kappa shape index (κ2) is 7.87. The molecule has 1 amide bonds. The summed E-state index contributed by atoms with van der Waals surface area (Å²) in [5.74, 6) is 0.693. The van der Waals surface area contributed by atoms with E-state index < -0.39 is 0 Å². The van der Waals surface area contributed by atoms with Gasteiger partial charge in [0.2, 0.25) is 5.91 Å². The average Bonchev–Trinajstić information content (AvgIpc) is 2.65. The van der Waals surface area contributed by atoms with Crippen molar-refractivity contribution in [2.75, 3.05) is 26.2 Å². The lowest BCUT2D eigenvalue weighted by Crippen LogP contribution is -2.44. The van der Waals surface area contributed by atoms with Crippen LogP contribution in [0.1, 0.15) is 32.3 Å². The molecular formula is C21H28N2O2. The molecule has 2 aromatic carbocycles. The number of rotatable bonds is 5. The molecule has 0 aromatic heterocycles. The first kappa shape index (κ1) is 17.7. The maximum absolute atomic E-state index is 12.7. The van der Waals surface area contributed by atoms with Crippen LogP contribution in [-0.4, -0.2) is 47.0 Å². The van der Waals surface area contributed by atoms with Crippen LogP contribution in [0.4, 0.5) is 0 Å². The Kier molecular flexibility index (Phi) is 5.59. The summed E-state index contributed by atoms with van der Waals surface area (Å²) < 4.78 is 0. The Hall–Kier alpha value is -2.07. The minimum atomic E-state index is 0.0748. The van der Waals surface area contributed by atoms with Gasteiger partial charge >= 0.3 is 0 Å². The van der Waals surface area contributed by atoms with Crippen LogP contribution in [0.3, 0.4) is 0 Å². The Balaban J connectivity index is 1.77. The van der Waals surface area contributed by atoms with E-state index in [1.165, 1.54) is 0 Å². The summed E-state index contributed by atoms with van der Waals surface area (Å²) in [6.07, 6.45) is 2.00. The summed E-state index contributed by atoms with van der Waals surface area (Å²) in [5.41, 5.74) is 0.967. The number of carbonyl (C=O) groups is 1. The Morgan fingerprint density at radius 2 is 1.96 bits per heavy atom.